The number of hydrogen-bond acceptors (Lipinski definition) is 7. The molecule has 2 fully saturated rings. The standard InChI is InChI=1S/C34H46F3N5O5S/c1-6-26(43)40-27(30(45)42-15-13-33(5,47)14-16-42)21(4)23-11-12-25(24(35)17-23)39-29(44)28(22-9-7-19(2)8-10-22)41-31(46)34(36,37)32-38-20(3)18-48-32/h11-12,17-19,21-22,27-28,47H,6-10,13-16H2,1-5H3,(H,39,44)(H,40,43)(H,41,46)/t19?,21-,22?,27+,28-/m0/s1. The number of hydrogen-bond donors (Lipinski definition) is 4. The van der Waals surface area contributed by atoms with Gasteiger partial charge in [-0.05, 0) is 69.1 Å². The highest BCUT2D eigenvalue weighted by Gasteiger charge is 2.46. The predicted molar refractivity (Wildman–Crippen MR) is 176 cm³/mol. The Balaban J connectivity index is 1.53. The Morgan fingerprint density at radius 2 is 1.77 bits per heavy atom. The van der Waals surface area contributed by atoms with Crippen molar-refractivity contribution in [2.45, 2.75) is 109 Å². The minimum Gasteiger partial charge on any atom is -0.390 e. The van der Waals surface area contributed by atoms with E-state index in [-0.39, 0.29) is 23.9 Å². The summed E-state index contributed by atoms with van der Waals surface area (Å²) in [6.45, 7) is 9.26. The Bertz CT molecular complexity index is 1480. The molecule has 14 heteroatoms. The third-order valence-corrected chi connectivity index (χ3v) is 10.6. The van der Waals surface area contributed by atoms with Crippen molar-refractivity contribution in [3.8, 4) is 0 Å². The highest BCUT2D eigenvalue weighted by molar-refractivity contribution is 7.09. The number of amides is 4. The molecule has 1 saturated carbocycles. The molecule has 0 unspecified atom stereocenters. The first-order valence-electron chi connectivity index (χ1n) is 16.5. The molecule has 1 aliphatic carbocycles. The van der Waals surface area contributed by atoms with Crippen molar-refractivity contribution in [3.05, 3.63) is 45.7 Å². The fraction of sp³-hybridized carbons (Fsp3) is 0.618. The molecule has 0 spiro atoms. The van der Waals surface area contributed by atoms with Gasteiger partial charge in [-0.1, -0.05) is 39.7 Å². The molecular weight excluding hydrogens is 647 g/mol. The number of aliphatic hydroxyl groups is 1. The van der Waals surface area contributed by atoms with Gasteiger partial charge in [0, 0.05) is 36.5 Å². The topological polar surface area (TPSA) is 141 Å². The Labute approximate surface area is 283 Å². The highest BCUT2D eigenvalue weighted by atomic mass is 32.1. The van der Waals surface area contributed by atoms with Crippen molar-refractivity contribution in [2.24, 2.45) is 11.8 Å². The third kappa shape index (κ3) is 8.93. The van der Waals surface area contributed by atoms with E-state index in [9.17, 15) is 24.3 Å². The second-order valence-electron chi connectivity index (χ2n) is 13.6. The molecule has 0 bridgehead atoms. The van der Waals surface area contributed by atoms with Crippen molar-refractivity contribution in [1.29, 1.82) is 0 Å². The Hall–Kier alpha value is -3.52. The summed E-state index contributed by atoms with van der Waals surface area (Å²) in [6, 6.07) is 1.66. The van der Waals surface area contributed by atoms with Crippen molar-refractivity contribution in [2.75, 3.05) is 18.4 Å². The fourth-order valence-electron chi connectivity index (χ4n) is 6.24. The molecule has 2 aromatic rings. The average Bonchev–Trinajstić information content (AvgIpc) is 3.50. The van der Waals surface area contributed by atoms with Crippen molar-refractivity contribution in [1.82, 2.24) is 20.5 Å². The van der Waals surface area contributed by atoms with E-state index in [0.29, 0.717) is 67.3 Å². The van der Waals surface area contributed by atoms with Gasteiger partial charge in [-0.15, -0.1) is 11.3 Å². The van der Waals surface area contributed by atoms with Crippen LogP contribution < -0.4 is 16.0 Å². The molecule has 48 heavy (non-hydrogen) atoms. The zero-order valence-corrected chi connectivity index (χ0v) is 28.9. The number of carbonyl (C=O) groups is 4. The van der Waals surface area contributed by atoms with E-state index in [1.807, 2.05) is 0 Å². The van der Waals surface area contributed by atoms with Gasteiger partial charge in [-0.2, -0.15) is 8.78 Å². The molecule has 4 rings (SSSR count). The van der Waals surface area contributed by atoms with Crippen molar-refractivity contribution >= 4 is 40.7 Å². The maximum atomic E-state index is 15.6. The third-order valence-electron chi connectivity index (χ3n) is 9.61. The summed E-state index contributed by atoms with van der Waals surface area (Å²) < 4.78 is 45.8. The zero-order valence-electron chi connectivity index (χ0n) is 28.1. The van der Waals surface area contributed by atoms with Gasteiger partial charge in [0.05, 0.1) is 11.3 Å². The van der Waals surface area contributed by atoms with Gasteiger partial charge in [-0.25, -0.2) is 9.37 Å². The van der Waals surface area contributed by atoms with Gasteiger partial charge in [0.15, 0.2) is 5.01 Å². The van der Waals surface area contributed by atoms with Gasteiger partial charge in [0.2, 0.25) is 17.7 Å². The van der Waals surface area contributed by atoms with E-state index in [4.69, 9.17) is 0 Å². The first-order chi connectivity index (χ1) is 22.5. The summed E-state index contributed by atoms with van der Waals surface area (Å²) in [5.41, 5.74) is -0.378. The SMILES string of the molecule is CCC(=O)N[C@@H](C(=O)N1CCC(C)(O)CC1)[C@@H](C)c1ccc(NC(=O)[C@@H](NC(=O)C(F)(F)c2nc(C)cs2)C2CCC(C)CC2)c(F)c1. The van der Waals surface area contributed by atoms with Crippen LogP contribution in [0.3, 0.4) is 0 Å². The number of anilines is 1. The van der Waals surface area contributed by atoms with Gasteiger partial charge >= 0.3 is 5.92 Å². The number of halogens is 3. The molecule has 2 heterocycles. The lowest BCUT2D eigenvalue weighted by atomic mass is 9.79. The number of benzene rings is 1. The van der Waals surface area contributed by atoms with Crippen LogP contribution in [-0.4, -0.2) is 69.4 Å². The molecule has 1 aliphatic heterocycles. The maximum Gasteiger partial charge on any atom is 0.375 e. The minimum atomic E-state index is -3.96. The molecule has 4 amide bonds. The van der Waals surface area contributed by atoms with Crippen LogP contribution in [0.4, 0.5) is 18.9 Å². The first kappa shape index (κ1) is 37.3. The van der Waals surface area contributed by atoms with Crippen LogP contribution in [0.5, 0.6) is 0 Å². The van der Waals surface area contributed by atoms with Gasteiger partial charge in [0.1, 0.15) is 17.9 Å². The minimum absolute atomic E-state index is 0.136. The van der Waals surface area contributed by atoms with E-state index in [1.165, 1.54) is 24.4 Å². The van der Waals surface area contributed by atoms with Crippen LogP contribution in [-0.2, 0) is 25.1 Å². The number of aryl methyl sites for hydroxylation is 1. The molecule has 264 valence electrons. The number of alkyl halides is 2. The summed E-state index contributed by atoms with van der Waals surface area (Å²) in [4.78, 5) is 57.7. The first-order valence-corrected chi connectivity index (χ1v) is 17.4. The van der Waals surface area contributed by atoms with Gasteiger partial charge < -0.3 is 26.0 Å². The normalized spacial score (nSPS) is 21.5. The van der Waals surface area contributed by atoms with Crippen LogP contribution in [0, 0.1) is 24.6 Å². The number of thiazole rings is 1. The number of rotatable bonds is 11. The number of nitrogens with one attached hydrogen (secondary N) is 3. The molecule has 3 atom stereocenters. The van der Waals surface area contributed by atoms with E-state index >= 15 is 13.2 Å². The number of nitrogens with zero attached hydrogens (tertiary/aromatic N) is 2. The van der Waals surface area contributed by atoms with Gasteiger partial charge in [0.25, 0.3) is 5.91 Å². The maximum absolute atomic E-state index is 15.6. The Morgan fingerprint density at radius 3 is 2.33 bits per heavy atom. The second-order valence-corrected chi connectivity index (χ2v) is 14.4. The van der Waals surface area contributed by atoms with Crippen LogP contribution in [0.2, 0.25) is 0 Å². The monoisotopic (exact) mass is 693 g/mol. The molecule has 1 aromatic heterocycles. The largest absolute Gasteiger partial charge is 0.390 e. The lowest BCUT2D eigenvalue weighted by Gasteiger charge is -2.38. The summed E-state index contributed by atoms with van der Waals surface area (Å²) in [6.07, 6.45) is 3.44. The number of likely N-dealkylation sites (tertiary alicyclic amines) is 1. The fourth-order valence-corrected chi connectivity index (χ4v) is 7.02. The van der Waals surface area contributed by atoms with E-state index in [2.05, 4.69) is 27.9 Å². The average molecular weight is 694 g/mol. The lowest BCUT2D eigenvalue weighted by molar-refractivity contribution is -0.149. The Morgan fingerprint density at radius 1 is 1.12 bits per heavy atom. The molecule has 10 nitrogen and oxygen atoms in total. The van der Waals surface area contributed by atoms with E-state index in [1.54, 1.807) is 25.7 Å². The number of carbonyl (C=O) groups excluding carboxylic acids is 4. The molecule has 0 radical (unpaired) electrons. The van der Waals surface area contributed by atoms with Crippen molar-refractivity contribution in [3.63, 3.8) is 0 Å². The van der Waals surface area contributed by atoms with Crippen molar-refractivity contribution < 1.29 is 37.5 Å². The summed E-state index contributed by atoms with van der Waals surface area (Å²) in [7, 11) is 0. The molecular formula is C34H46F3N5O5S. The van der Waals surface area contributed by atoms with Crippen LogP contribution in [0.15, 0.2) is 23.6 Å². The lowest BCUT2D eigenvalue weighted by Crippen LogP contribution is -2.54. The number of aromatic nitrogens is 1. The summed E-state index contributed by atoms with van der Waals surface area (Å²) in [5.74, 6) is -8.68. The molecule has 1 saturated heterocycles. The van der Waals surface area contributed by atoms with E-state index < -0.39 is 58.1 Å². The molecule has 4 N–H and O–H groups in total. The van der Waals surface area contributed by atoms with E-state index in [0.717, 1.165) is 18.9 Å². The number of piperidine rings is 1. The smallest absolute Gasteiger partial charge is 0.375 e. The predicted octanol–water partition coefficient (Wildman–Crippen LogP) is 5.00. The van der Waals surface area contributed by atoms with Crippen LogP contribution in [0.25, 0.3) is 0 Å². The Kier molecular flexibility index (Phi) is 11.9. The zero-order chi connectivity index (χ0) is 35.4. The molecule has 2 aliphatic rings. The highest BCUT2D eigenvalue weighted by Crippen LogP contribution is 2.35. The molecule has 1 aromatic carbocycles. The van der Waals surface area contributed by atoms with Crippen LogP contribution >= 0.6 is 11.3 Å². The quantitative estimate of drug-likeness (QED) is 0.261. The second kappa shape index (κ2) is 15.4. The summed E-state index contributed by atoms with van der Waals surface area (Å²) >= 11 is 0.651. The van der Waals surface area contributed by atoms with Gasteiger partial charge in [-0.3, -0.25) is 19.2 Å². The summed E-state index contributed by atoms with van der Waals surface area (Å²) in [5, 5.41) is 18.5. The van der Waals surface area contributed by atoms with Crippen LogP contribution in [0.1, 0.15) is 94.8 Å².